The van der Waals surface area contributed by atoms with Gasteiger partial charge >= 0.3 is 0 Å². The van der Waals surface area contributed by atoms with Gasteiger partial charge in [-0.3, -0.25) is 9.98 Å². The smallest absolute Gasteiger partial charge is 0.0666 e. The summed E-state index contributed by atoms with van der Waals surface area (Å²) < 4.78 is 0. The van der Waals surface area contributed by atoms with Crippen LogP contribution in [0.2, 0.25) is 0 Å². The number of nitrogens with zero attached hydrogens (tertiary/aromatic N) is 2. The number of allylic oxidation sites excluding steroid dienone is 4. The van der Waals surface area contributed by atoms with Gasteiger partial charge in [-0.15, -0.1) is 0 Å². The summed E-state index contributed by atoms with van der Waals surface area (Å²) in [6.45, 7) is 6.60. The molecule has 2 rings (SSSR count). The molecule has 0 radical (unpaired) electrons. The maximum Gasteiger partial charge on any atom is 0.0666 e. The molecule has 0 unspecified atom stereocenters. The fourth-order valence-corrected chi connectivity index (χ4v) is 2.21. The second kappa shape index (κ2) is 8.78. The lowest BCUT2D eigenvalue weighted by molar-refractivity contribution is 0.591. The molecule has 0 spiro atoms. The summed E-state index contributed by atoms with van der Waals surface area (Å²) in [6.07, 6.45) is 11.3. The first-order valence-electron chi connectivity index (χ1n) is 8.12. The molecule has 0 saturated carbocycles. The molecule has 0 fully saturated rings. The van der Waals surface area contributed by atoms with Crippen LogP contribution in [0.3, 0.4) is 0 Å². The van der Waals surface area contributed by atoms with Crippen molar-refractivity contribution >= 4 is 23.8 Å². The zero-order chi connectivity index (χ0) is 17.3. The normalized spacial score (nSPS) is 13.0. The summed E-state index contributed by atoms with van der Waals surface area (Å²) in [6, 6.07) is 18.1. The summed E-state index contributed by atoms with van der Waals surface area (Å²) >= 11 is 0. The predicted octanol–water partition coefficient (Wildman–Crippen LogP) is 6.20. The van der Waals surface area contributed by atoms with Gasteiger partial charge in [-0.25, -0.2) is 0 Å². The molecule has 2 aromatic rings. The van der Waals surface area contributed by atoms with Crippen LogP contribution in [0.25, 0.3) is 0 Å². The van der Waals surface area contributed by atoms with Crippen molar-refractivity contribution < 1.29 is 0 Å². The highest BCUT2D eigenvalue weighted by molar-refractivity contribution is 5.77. The molecule has 122 valence electrons. The molecule has 0 bridgehead atoms. The quantitative estimate of drug-likeness (QED) is 0.463. The van der Waals surface area contributed by atoms with Gasteiger partial charge in [0.15, 0.2) is 0 Å². The minimum Gasteiger partial charge on any atom is -0.257 e. The molecule has 0 atom stereocenters. The SMILES string of the molecule is CC(C)(C)c1ccccc1\N=C/C=C\C=C/C=N\c1ccccc1. The fourth-order valence-electron chi connectivity index (χ4n) is 2.21. The van der Waals surface area contributed by atoms with E-state index in [-0.39, 0.29) is 5.41 Å². The van der Waals surface area contributed by atoms with Gasteiger partial charge in [-0.05, 0) is 41.3 Å². The minimum absolute atomic E-state index is 0.0887. The first-order chi connectivity index (χ1) is 11.6. The Hall–Kier alpha value is -2.74. The van der Waals surface area contributed by atoms with Crippen molar-refractivity contribution in [1.29, 1.82) is 0 Å². The molecule has 2 heteroatoms. The van der Waals surface area contributed by atoms with Gasteiger partial charge in [0, 0.05) is 12.4 Å². The van der Waals surface area contributed by atoms with Crippen molar-refractivity contribution in [1.82, 2.24) is 0 Å². The van der Waals surface area contributed by atoms with Crippen LogP contribution in [0.1, 0.15) is 26.3 Å². The van der Waals surface area contributed by atoms with Crippen molar-refractivity contribution in [3.63, 3.8) is 0 Å². The van der Waals surface area contributed by atoms with Crippen molar-refractivity contribution in [3.05, 3.63) is 84.5 Å². The number of rotatable bonds is 5. The minimum atomic E-state index is 0.0887. The zero-order valence-electron chi connectivity index (χ0n) is 14.6. The maximum atomic E-state index is 4.56. The van der Waals surface area contributed by atoms with Gasteiger partial charge in [0.2, 0.25) is 0 Å². The average Bonchev–Trinajstić information content (AvgIpc) is 2.57. The Morgan fingerprint density at radius 3 is 1.92 bits per heavy atom. The summed E-state index contributed by atoms with van der Waals surface area (Å²) in [5.74, 6) is 0. The van der Waals surface area contributed by atoms with Gasteiger partial charge in [-0.1, -0.05) is 69.3 Å². The fraction of sp³-hybridized carbons (Fsp3) is 0.182. The van der Waals surface area contributed by atoms with E-state index >= 15 is 0 Å². The van der Waals surface area contributed by atoms with Crippen LogP contribution in [0.15, 0.2) is 88.9 Å². The highest BCUT2D eigenvalue weighted by atomic mass is 14.7. The van der Waals surface area contributed by atoms with E-state index in [9.17, 15) is 0 Å². The third kappa shape index (κ3) is 5.81. The van der Waals surface area contributed by atoms with E-state index in [0.717, 1.165) is 11.4 Å². The summed E-state index contributed by atoms with van der Waals surface area (Å²) in [7, 11) is 0. The van der Waals surface area contributed by atoms with E-state index in [4.69, 9.17) is 0 Å². The molecule has 0 aliphatic carbocycles. The number of para-hydroxylation sites is 2. The number of hydrogen-bond acceptors (Lipinski definition) is 2. The van der Waals surface area contributed by atoms with E-state index in [1.54, 1.807) is 6.21 Å². The van der Waals surface area contributed by atoms with Crippen molar-refractivity contribution in [2.24, 2.45) is 9.98 Å². The molecular formula is C22H24N2. The highest BCUT2D eigenvalue weighted by Crippen LogP contribution is 2.30. The van der Waals surface area contributed by atoms with E-state index in [1.165, 1.54) is 5.56 Å². The Kier molecular flexibility index (Phi) is 6.44. The van der Waals surface area contributed by atoms with Crippen LogP contribution in [-0.4, -0.2) is 12.4 Å². The maximum absolute atomic E-state index is 4.56. The Morgan fingerprint density at radius 2 is 1.25 bits per heavy atom. The van der Waals surface area contributed by atoms with Crippen molar-refractivity contribution in [2.45, 2.75) is 26.2 Å². The van der Waals surface area contributed by atoms with Gasteiger partial charge in [-0.2, -0.15) is 0 Å². The molecule has 0 saturated heterocycles. The van der Waals surface area contributed by atoms with Gasteiger partial charge in [0.25, 0.3) is 0 Å². The molecular weight excluding hydrogens is 292 g/mol. The third-order valence-corrected chi connectivity index (χ3v) is 3.41. The van der Waals surface area contributed by atoms with Crippen molar-refractivity contribution in [3.8, 4) is 0 Å². The van der Waals surface area contributed by atoms with Gasteiger partial charge in [0.1, 0.15) is 0 Å². The van der Waals surface area contributed by atoms with E-state index in [1.807, 2.05) is 73.0 Å². The summed E-state index contributed by atoms with van der Waals surface area (Å²) in [5.41, 5.74) is 3.31. The Labute approximate surface area is 145 Å². The molecule has 0 aliphatic heterocycles. The number of aliphatic imine (C=N–C) groups is 2. The largest absolute Gasteiger partial charge is 0.257 e. The van der Waals surface area contributed by atoms with Crippen LogP contribution < -0.4 is 0 Å². The Balaban J connectivity index is 1.92. The van der Waals surface area contributed by atoms with E-state index in [0.29, 0.717) is 0 Å². The molecule has 2 aromatic carbocycles. The average molecular weight is 316 g/mol. The molecule has 0 aliphatic rings. The van der Waals surface area contributed by atoms with Gasteiger partial charge in [0.05, 0.1) is 11.4 Å². The lowest BCUT2D eigenvalue weighted by Gasteiger charge is -2.20. The van der Waals surface area contributed by atoms with Crippen LogP contribution in [0, 0.1) is 0 Å². The highest BCUT2D eigenvalue weighted by Gasteiger charge is 2.16. The first-order valence-corrected chi connectivity index (χ1v) is 8.12. The lowest BCUT2D eigenvalue weighted by atomic mass is 9.86. The van der Waals surface area contributed by atoms with E-state index in [2.05, 4.69) is 42.9 Å². The standard InChI is InChI=1S/C22H24N2/c1-22(2,3)20-15-9-10-16-21(20)24-18-12-5-4-11-17-23-19-13-7-6-8-14-19/h4-18H,1-3H3/b11-4-,12-5-,23-17-,24-18-. The zero-order valence-corrected chi connectivity index (χ0v) is 14.6. The molecule has 2 nitrogen and oxygen atoms in total. The topological polar surface area (TPSA) is 24.7 Å². The predicted molar refractivity (Wildman–Crippen MR) is 106 cm³/mol. The monoisotopic (exact) mass is 316 g/mol. The molecule has 0 amide bonds. The van der Waals surface area contributed by atoms with Crippen LogP contribution in [-0.2, 0) is 5.41 Å². The first kappa shape index (κ1) is 17.6. The Morgan fingerprint density at radius 1 is 0.667 bits per heavy atom. The third-order valence-electron chi connectivity index (χ3n) is 3.41. The molecule has 0 N–H and O–H groups in total. The molecule has 0 heterocycles. The van der Waals surface area contributed by atoms with Crippen molar-refractivity contribution in [2.75, 3.05) is 0 Å². The summed E-state index contributed by atoms with van der Waals surface area (Å²) in [4.78, 5) is 8.89. The van der Waals surface area contributed by atoms with Crippen LogP contribution >= 0.6 is 0 Å². The number of hydrogen-bond donors (Lipinski definition) is 0. The molecule has 24 heavy (non-hydrogen) atoms. The summed E-state index contributed by atoms with van der Waals surface area (Å²) in [5, 5.41) is 0. The van der Waals surface area contributed by atoms with E-state index < -0.39 is 0 Å². The number of benzene rings is 2. The van der Waals surface area contributed by atoms with Crippen LogP contribution in [0.4, 0.5) is 11.4 Å². The van der Waals surface area contributed by atoms with Crippen LogP contribution in [0.5, 0.6) is 0 Å². The van der Waals surface area contributed by atoms with Gasteiger partial charge < -0.3 is 0 Å². The Bertz CT molecular complexity index is 745. The second-order valence-corrected chi connectivity index (χ2v) is 6.43. The second-order valence-electron chi connectivity index (χ2n) is 6.43. The lowest BCUT2D eigenvalue weighted by Crippen LogP contribution is -2.10. The molecule has 0 aromatic heterocycles.